The summed E-state index contributed by atoms with van der Waals surface area (Å²) in [5.74, 6) is -0.335. The molecule has 1 aliphatic rings. The molecule has 3 rings (SSSR count). The average molecular weight is 376 g/mol. The van der Waals surface area contributed by atoms with Gasteiger partial charge in [-0.25, -0.2) is 8.78 Å². The standard InChI is InChI=1S/C21H26F2N2O2/c1-21(26,14-24(2)3)17-5-7-20-16(10-17)13-25(8-9-27-20)12-15-4-6-18(22)11-19(15)23/h4-7,10-11,26H,8-9,12-14H2,1-3H3/t21-/m0/s1. The van der Waals surface area contributed by atoms with E-state index in [0.717, 1.165) is 22.9 Å². The van der Waals surface area contributed by atoms with Crippen molar-refractivity contribution in [2.75, 3.05) is 33.8 Å². The molecule has 0 aromatic heterocycles. The molecule has 6 heteroatoms. The summed E-state index contributed by atoms with van der Waals surface area (Å²) in [6, 6.07) is 9.40. The third-order valence-electron chi connectivity index (χ3n) is 4.77. The molecule has 0 saturated heterocycles. The number of fused-ring (bicyclic) bond motifs is 1. The summed E-state index contributed by atoms with van der Waals surface area (Å²) >= 11 is 0. The van der Waals surface area contributed by atoms with Crippen LogP contribution in [0.15, 0.2) is 36.4 Å². The van der Waals surface area contributed by atoms with Gasteiger partial charge in [-0.2, -0.15) is 0 Å². The Morgan fingerprint density at radius 2 is 1.96 bits per heavy atom. The van der Waals surface area contributed by atoms with Crippen molar-refractivity contribution in [2.24, 2.45) is 0 Å². The van der Waals surface area contributed by atoms with Gasteiger partial charge in [0.1, 0.15) is 24.0 Å². The van der Waals surface area contributed by atoms with Gasteiger partial charge in [-0.15, -0.1) is 0 Å². The van der Waals surface area contributed by atoms with Gasteiger partial charge in [-0.1, -0.05) is 12.1 Å². The van der Waals surface area contributed by atoms with Gasteiger partial charge < -0.3 is 14.7 Å². The molecule has 0 aliphatic carbocycles. The van der Waals surface area contributed by atoms with E-state index in [1.54, 1.807) is 6.92 Å². The maximum atomic E-state index is 14.0. The molecule has 27 heavy (non-hydrogen) atoms. The van der Waals surface area contributed by atoms with E-state index in [-0.39, 0.29) is 0 Å². The van der Waals surface area contributed by atoms with E-state index in [1.165, 1.54) is 12.1 Å². The summed E-state index contributed by atoms with van der Waals surface area (Å²) in [6.07, 6.45) is 0. The van der Waals surface area contributed by atoms with Crippen molar-refractivity contribution in [3.05, 3.63) is 64.7 Å². The van der Waals surface area contributed by atoms with Crippen LogP contribution >= 0.6 is 0 Å². The lowest BCUT2D eigenvalue weighted by Gasteiger charge is -2.28. The third-order valence-corrected chi connectivity index (χ3v) is 4.77. The first kappa shape index (κ1) is 19.7. The number of ether oxygens (including phenoxy) is 1. The number of halogens is 2. The van der Waals surface area contributed by atoms with Crippen LogP contribution in [0.1, 0.15) is 23.6 Å². The van der Waals surface area contributed by atoms with E-state index in [9.17, 15) is 13.9 Å². The first-order chi connectivity index (χ1) is 12.7. The fourth-order valence-electron chi connectivity index (χ4n) is 3.52. The van der Waals surface area contributed by atoms with Crippen LogP contribution in [0.3, 0.4) is 0 Å². The number of benzene rings is 2. The quantitative estimate of drug-likeness (QED) is 0.870. The number of likely N-dealkylation sites (N-methyl/N-ethyl adjacent to an activating group) is 1. The first-order valence-corrected chi connectivity index (χ1v) is 9.04. The van der Waals surface area contributed by atoms with E-state index < -0.39 is 17.2 Å². The van der Waals surface area contributed by atoms with Crippen molar-refractivity contribution < 1.29 is 18.6 Å². The van der Waals surface area contributed by atoms with Crippen LogP contribution in [-0.4, -0.2) is 48.7 Å². The lowest BCUT2D eigenvalue weighted by Crippen LogP contribution is -2.34. The predicted octanol–water partition coefficient (Wildman–Crippen LogP) is 3.13. The lowest BCUT2D eigenvalue weighted by molar-refractivity contribution is 0.0299. The molecular formula is C21H26F2N2O2. The Labute approximate surface area is 159 Å². The number of hydrogen-bond acceptors (Lipinski definition) is 4. The van der Waals surface area contributed by atoms with E-state index in [1.807, 2.05) is 37.2 Å². The van der Waals surface area contributed by atoms with Gasteiger partial charge >= 0.3 is 0 Å². The fourth-order valence-corrected chi connectivity index (χ4v) is 3.52. The molecule has 0 saturated carbocycles. The summed E-state index contributed by atoms with van der Waals surface area (Å²) in [5.41, 5.74) is 1.23. The minimum Gasteiger partial charge on any atom is -0.492 e. The van der Waals surface area contributed by atoms with Gasteiger partial charge in [0, 0.05) is 43.4 Å². The molecule has 1 aliphatic heterocycles. The Morgan fingerprint density at radius 3 is 2.67 bits per heavy atom. The predicted molar refractivity (Wildman–Crippen MR) is 101 cm³/mol. The van der Waals surface area contributed by atoms with Crippen LogP contribution in [0.4, 0.5) is 8.78 Å². The Hall–Kier alpha value is -2.02. The van der Waals surface area contributed by atoms with Gasteiger partial charge in [0.25, 0.3) is 0 Å². The largest absolute Gasteiger partial charge is 0.492 e. The van der Waals surface area contributed by atoms with Crippen molar-refractivity contribution in [1.29, 1.82) is 0 Å². The molecule has 0 bridgehead atoms. The van der Waals surface area contributed by atoms with Crippen LogP contribution in [0, 0.1) is 11.6 Å². The lowest BCUT2D eigenvalue weighted by atomic mass is 9.93. The minimum absolute atomic E-state index is 0.368. The van der Waals surface area contributed by atoms with Crippen molar-refractivity contribution in [3.63, 3.8) is 0 Å². The SMILES string of the molecule is CN(C)C[C@](C)(O)c1ccc2c(c1)CN(Cc1ccc(F)cc1F)CCO2. The van der Waals surface area contributed by atoms with Crippen molar-refractivity contribution in [3.8, 4) is 5.75 Å². The van der Waals surface area contributed by atoms with Gasteiger partial charge in [0.15, 0.2) is 0 Å². The third kappa shape index (κ3) is 4.83. The second kappa shape index (κ2) is 7.92. The molecular weight excluding hydrogens is 350 g/mol. The Morgan fingerprint density at radius 1 is 1.19 bits per heavy atom. The van der Waals surface area contributed by atoms with Crippen LogP contribution in [-0.2, 0) is 18.7 Å². The fraction of sp³-hybridized carbons (Fsp3) is 0.429. The molecule has 0 radical (unpaired) electrons. The van der Waals surface area contributed by atoms with E-state index in [4.69, 9.17) is 4.74 Å². The molecule has 0 fully saturated rings. The van der Waals surface area contributed by atoms with Crippen LogP contribution < -0.4 is 4.74 Å². The molecule has 1 heterocycles. The van der Waals surface area contributed by atoms with Gasteiger partial charge in [-0.05, 0) is 44.8 Å². The smallest absolute Gasteiger partial charge is 0.130 e. The summed E-state index contributed by atoms with van der Waals surface area (Å²) in [6.45, 7) is 4.35. The molecule has 0 spiro atoms. The van der Waals surface area contributed by atoms with Gasteiger partial charge in [-0.3, -0.25) is 4.90 Å². The highest BCUT2D eigenvalue weighted by Crippen LogP contribution is 2.30. The molecule has 1 atom stereocenters. The normalized spacial score (nSPS) is 17.1. The average Bonchev–Trinajstić information content (AvgIpc) is 2.77. The maximum Gasteiger partial charge on any atom is 0.130 e. The summed E-state index contributed by atoms with van der Waals surface area (Å²) in [5, 5.41) is 10.8. The van der Waals surface area contributed by atoms with Gasteiger partial charge in [0.2, 0.25) is 0 Å². The molecule has 4 nitrogen and oxygen atoms in total. The second-order valence-electron chi connectivity index (χ2n) is 7.63. The molecule has 0 amide bonds. The monoisotopic (exact) mass is 376 g/mol. The molecule has 1 N–H and O–H groups in total. The zero-order valence-corrected chi connectivity index (χ0v) is 16.0. The van der Waals surface area contributed by atoms with Gasteiger partial charge in [0.05, 0.1) is 5.60 Å². The zero-order chi connectivity index (χ0) is 19.6. The van der Waals surface area contributed by atoms with E-state index in [2.05, 4.69) is 4.90 Å². The molecule has 2 aromatic carbocycles. The summed E-state index contributed by atoms with van der Waals surface area (Å²) < 4.78 is 33.0. The number of rotatable bonds is 5. The number of nitrogens with zero attached hydrogens (tertiary/aromatic N) is 2. The molecule has 2 aromatic rings. The Balaban J connectivity index is 1.82. The molecule has 146 valence electrons. The Kier molecular flexibility index (Phi) is 5.79. The highest BCUT2D eigenvalue weighted by atomic mass is 19.1. The second-order valence-corrected chi connectivity index (χ2v) is 7.63. The van der Waals surface area contributed by atoms with Crippen LogP contribution in [0.25, 0.3) is 0 Å². The van der Waals surface area contributed by atoms with Crippen LogP contribution in [0.2, 0.25) is 0 Å². The van der Waals surface area contributed by atoms with E-state index >= 15 is 0 Å². The highest BCUT2D eigenvalue weighted by molar-refractivity contribution is 5.40. The highest BCUT2D eigenvalue weighted by Gasteiger charge is 2.26. The summed E-state index contributed by atoms with van der Waals surface area (Å²) in [4.78, 5) is 4.00. The number of aliphatic hydroxyl groups is 1. The maximum absolute atomic E-state index is 14.0. The van der Waals surface area contributed by atoms with Crippen molar-refractivity contribution in [2.45, 2.75) is 25.6 Å². The zero-order valence-electron chi connectivity index (χ0n) is 16.0. The minimum atomic E-state index is -0.987. The first-order valence-electron chi connectivity index (χ1n) is 9.04. The summed E-state index contributed by atoms with van der Waals surface area (Å²) in [7, 11) is 3.83. The van der Waals surface area contributed by atoms with Crippen molar-refractivity contribution >= 4 is 0 Å². The Bertz CT molecular complexity index is 809. The van der Waals surface area contributed by atoms with Crippen LogP contribution in [0.5, 0.6) is 5.75 Å². The van der Waals surface area contributed by atoms with E-state index in [0.29, 0.717) is 38.3 Å². The number of hydrogen-bond donors (Lipinski definition) is 1. The topological polar surface area (TPSA) is 35.9 Å². The van der Waals surface area contributed by atoms with Crippen molar-refractivity contribution in [1.82, 2.24) is 9.80 Å². The molecule has 0 unspecified atom stereocenters.